The van der Waals surface area contributed by atoms with E-state index in [0.29, 0.717) is 25.6 Å². The van der Waals surface area contributed by atoms with E-state index >= 15 is 0 Å². The maximum atomic E-state index is 12.5. The summed E-state index contributed by atoms with van der Waals surface area (Å²) in [5.74, 6) is 0.593. The molecule has 17 heavy (non-hydrogen) atoms. The second kappa shape index (κ2) is 5.22. The molecule has 0 spiro atoms. The van der Waals surface area contributed by atoms with Gasteiger partial charge < -0.3 is 5.32 Å². The fourth-order valence-corrected chi connectivity index (χ4v) is 4.02. The highest BCUT2D eigenvalue weighted by Gasteiger charge is 2.36. The summed E-state index contributed by atoms with van der Waals surface area (Å²) in [6.07, 6.45) is 2.36. The molecule has 1 saturated heterocycles. The molecule has 100 valence electrons. The first-order valence-corrected chi connectivity index (χ1v) is 7.89. The van der Waals surface area contributed by atoms with Crippen molar-refractivity contribution >= 4 is 10.2 Å². The van der Waals surface area contributed by atoms with Gasteiger partial charge in [0.15, 0.2) is 0 Å². The van der Waals surface area contributed by atoms with E-state index in [0.717, 1.165) is 13.1 Å². The molecule has 2 aliphatic rings. The van der Waals surface area contributed by atoms with Crippen LogP contribution in [0.25, 0.3) is 0 Å². The standard InChI is InChI=1S/C11H23N3O2S/c1-10(2)14(9-11-3-4-11)17(15,16)13-7-5-12-6-8-13/h10-12H,3-9H2,1-2H3. The summed E-state index contributed by atoms with van der Waals surface area (Å²) < 4.78 is 28.3. The maximum absolute atomic E-state index is 12.5. The third kappa shape index (κ3) is 3.19. The number of nitrogens with one attached hydrogen (secondary N) is 1. The molecule has 0 bridgehead atoms. The van der Waals surface area contributed by atoms with Crippen LogP contribution in [0.15, 0.2) is 0 Å². The summed E-state index contributed by atoms with van der Waals surface area (Å²) in [6.45, 7) is 7.32. The first-order valence-electron chi connectivity index (χ1n) is 6.49. The molecule has 0 amide bonds. The molecule has 1 aliphatic heterocycles. The number of hydrogen-bond donors (Lipinski definition) is 1. The average molecular weight is 261 g/mol. The fourth-order valence-electron chi connectivity index (χ4n) is 2.15. The monoisotopic (exact) mass is 261 g/mol. The average Bonchev–Trinajstić information content (AvgIpc) is 3.10. The SMILES string of the molecule is CC(C)N(CC1CC1)S(=O)(=O)N1CCNCC1. The lowest BCUT2D eigenvalue weighted by molar-refractivity contribution is 0.281. The molecule has 5 nitrogen and oxygen atoms in total. The first kappa shape index (κ1) is 13.3. The molecule has 1 aliphatic carbocycles. The van der Waals surface area contributed by atoms with Gasteiger partial charge in [-0.2, -0.15) is 17.0 Å². The predicted molar refractivity (Wildman–Crippen MR) is 67.9 cm³/mol. The van der Waals surface area contributed by atoms with E-state index in [4.69, 9.17) is 0 Å². The van der Waals surface area contributed by atoms with Crippen LogP contribution in [0.1, 0.15) is 26.7 Å². The Kier molecular flexibility index (Phi) is 4.07. The van der Waals surface area contributed by atoms with Crippen molar-refractivity contribution in [1.82, 2.24) is 13.9 Å². The van der Waals surface area contributed by atoms with Gasteiger partial charge in [0, 0.05) is 38.8 Å². The van der Waals surface area contributed by atoms with Crippen LogP contribution in [0.2, 0.25) is 0 Å². The van der Waals surface area contributed by atoms with Crippen LogP contribution in [0.3, 0.4) is 0 Å². The zero-order valence-corrected chi connectivity index (χ0v) is 11.5. The van der Waals surface area contributed by atoms with E-state index in [2.05, 4.69) is 5.32 Å². The molecule has 1 heterocycles. The third-order valence-corrected chi connectivity index (χ3v) is 5.59. The van der Waals surface area contributed by atoms with Crippen LogP contribution in [-0.4, -0.2) is 55.8 Å². The Morgan fingerprint density at radius 3 is 2.35 bits per heavy atom. The van der Waals surface area contributed by atoms with Gasteiger partial charge in [-0.05, 0) is 32.6 Å². The second-order valence-corrected chi connectivity index (χ2v) is 7.14. The topological polar surface area (TPSA) is 52.7 Å². The van der Waals surface area contributed by atoms with Crippen molar-refractivity contribution in [2.24, 2.45) is 5.92 Å². The van der Waals surface area contributed by atoms with Crippen LogP contribution in [0.4, 0.5) is 0 Å². The van der Waals surface area contributed by atoms with Crippen LogP contribution < -0.4 is 5.32 Å². The van der Waals surface area contributed by atoms with Crippen molar-refractivity contribution in [1.29, 1.82) is 0 Å². The van der Waals surface area contributed by atoms with Crippen molar-refractivity contribution < 1.29 is 8.42 Å². The lowest BCUT2D eigenvalue weighted by Crippen LogP contribution is -2.53. The fraction of sp³-hybridized carbons (Fsp3) is 1.00. The zero-order valence-electron chi connectivity index (χ0n) is 10.7. The Bertz CT molecular complexity index is 346. The molecule has 2 rings (SSSR count). The van der Waals surface area contributed by atoms with Crippen LogP contribution in [-0.2, 0) is 10.2 Å². The van der Waals surface area contributed by atoms with Gasteiger partial charge >= 0.3 is 0 Å². The van der Waals surface area contributed by atoms with Gasteiger partial charge in [-0.25, -0.2) is 0 Å². The van der Waals surface area contributed by atoms with Gasteiger partial charge in [-0.15, -0.1) is 0 Å². The molecule has 0 unspecified atom stereocenters. The number of nitrogens with zero attached hydrogens (tertiary/aromatic N) is 2. The van der Waals surface area contributed by atoms with Crippen molar-refractivity contribution in [3.05, 3.63) is 0 Å². The van der Waals surface area contributed by atoms with Gasteiger partial charge in [0.25, 0.3) is 10.2 Å². The van der Waals surface area contributed by atoms with Crippen LogP contribution in [0.5, 0.6) is 0 Å². The number of hydrogen-bond acceptors (Lipinski definition) is 3. The second-order valence-electron chi connectivity index (χ2n) is 5.26. The summed E-state index contributed by atoms with van der Waals surface area (Å²) in [5.41, 5.74) is 0. The summed E-state index contributed by atoms with van der Waals surface area (Å²) in [6, 6.07) is 0.0514. The van der Waals surface area contributed by atoms with E-state index in [1.807, 2.05) is 13.8 Å². The van der Waals surface area contributed by atoms with Crippen LogP contribution >= 0.6 is 0 Å². The molecule has 2 fully saturated rings. The minimum atomic E-state index is -3.25. The van der Waals surface area contributed by atoms with Gasteiger partial charge in [-0.1, -0.05) is 0 Å². The summed E-state index contributed by atoms with van der Waals surface area (Å²) in [5, 5.41) is 3.18. The van der Waals surface area contributed by atoms with E-state index < -0.39 is 10.2 Å². The molecule has 0 atom stereocenters. The Morgan fingerprint density at radius 2 is 1.88 bits per heavy atom. The molecule has 0 aromatic carbocycles. The molecule has 0 aromatic heterocycles. The summed E-state index contributed by atoms with van der Waals surface area (Å²) in [7, 11) is -3.25. The van der Waals surface area contributed by atoms with E-state index in [1.165, 1.54) is 12.8 Å². The van der Waals surface area contributed by atoms with E-state index in [1.54, 1.807) is 8.61 Å². The molecule has 1 saturated carbocycles. The van der Waals surface area contributed by atoms with E-state index in [-0.39, 0.29) is 6.04 Å². The quantitative estimate of drug-likeness (QED) is 0.772. The molecule has 0 radical (unpaired) electrons. The molecule has 1 N–H and O–H groups in total. The van der Waals surface area contributed by atoms with Crippen molar-refractivity contribution in [2.75, 3.05) is 32.7 Å². The molecular weight excluding hydrogens is 238 g/mol. The highest BCUT2D eigenvalue weighted by Crippen LogP contribution is 2.31. The normalized spacial score (nSPS) is 23.5. The minimum Gasteiger partial charge on any atom is -0.314 e. The Hall–Kier alpha value is -0.170. The molecule has 6 heteroatoms. The maximum Gasteiger partial charge on any atom is 0.282 e. The Labute approximate surface area is 104 Å². The van der Waals surface area contributed by atoms with Crippen LogP contribution in [0, 0.1) is 5.92 Å². The highest BCUT2D eigenvalue weighted by molar-refractivity contribution is 7.86. The lowest BCUT2D eigenvalue weighted by Gasteiger charge is -2.34. The van der Waals surface area contributed by atoms with Gasteiger partial charge in [0.1, 0.15) is 0 Å². The largest absolute Gasteiger partial charge is 0.314 e. The lowest BCUT2D eigenvalue weighted by atomic mass is 10.3. The minimum absolute atomic E-state index is 0.0514. The molecule has 0 aromatic rings. The van der Waals surface area contributed by atoms with Crippen molar-refractivity contribution in [3.8, 4) is 0 Å². The number of piperazine rings is 1. The predicted octanol–water partition coefficient (Wildman–Crippen LogP) is 0.257. The van der Waals surface area contributed by atoms with Crippen molar-refractivity contribution in [2.45, 2.75) is 32.7 Å². The summed E-state index contributed by atoms with van der Waals surface area (Å²) in [4.78, 5) is 0. The highest BCUT2D eigenvalue weighted by atomic mass is 32.2. The Balaban J connectivity index is 2.08. The first-order chi connectivity index (χ1) is 8.01. The van der Waals surface area contributed by atoms with Gasteiger partial charge in [0.05, 0.1) is 0 Å². The summed E-state index contributed by atoms with van der Waals surface area (Å²) >= 11 is 0. The van der Waals surface area contributed by atoms with Gasteiger partial charge in [0.2, 0.25) is 0 Å². The number of rotatable bonds is 5. The zero-order chi connectivity index (χ0) is 12.5. The smallest absolute Gasteiger partial charge is 0.282 e. The third-order valence-electron chi connectivity index (χ3n) is 3.41. The Morgan fingerprint density at radius 1 is 1.29 bits per heavy atom. The van der Waals surface area contributed by atoms with E-state index in [9.17, 15) is 8.42 Å². The van der Waals surface area contributed by atoms with Crippen molar-refractivity contribution in [3.63, 3.8) is 0 Å². The van der Waals surface area contributed by atoms with Gasteiger partial charge in [-0.3, -0.25) is 0 Å². The molecular formula is C11H23N3O2S.